The first-order chi connectivity index (χ1) is 10.1. The second kappa shape index (κ2) is 7.69. The van der Waals surface area contributed by atoms with E-state index in [0.29, 0.717) is 18.6 Å². The molecule has 1 aromatic rings. The normalized spacial score (nSPS) is 29.1. The molecular weight excluding hydrogens is 262 g/mol. The zero-order valence-corrected chi connectivity index (χ0v) is 13.8. The summed E-state index contributed by atoms with van der Waals surface area (Å²) in [4.78, 5) is 0. The monoisotopic (exact) mass is 291 g/mol. The summed E-state index contributed by atoms with van der Waals surface area (Å²) < 4.78 is 11.9. The van der Waals surface area contributed by atoms with Crippen LogP contribution >= 0.6 is 0 Å². The Labute approximate surface area is 129 Å². The number of hydrogen-bond acceptors (Lipinski definition) is 3. The van der Waals surface area contributed by atoms with Crippen molar-refractivity contribution in [2.45, 2.75) is 52.7 Å². The van der Waals surface area contributed by atoms with Gasteiger partial charge in [-0.1, -0.05) is 26.8 Å². The summed E-state index contributed by atoms with van der Waals surface area (Å²) in [6, 6.07) is 8.43. The summed E-state index contributed by atoms with van der Waals surface area (Å²) in [5.41, 5.74) is 0. The fourth-order valence-electron chi connectivity index (χ4n) is 3.45. The van der Waals surface area contributed by atoms with Crippen LogP contribution in [0.15, 0.2) is 24.3 Å². The average molecular weight is 291 g/mol. The van der Waals surface area contributed by atoms with E-state index >= 15 is 0 Å². The van der Waals surface area contributed by atoms with Crippen LogP contribution in [-0.2, 0) is 0 Å². The maximum Gasteiger partial charge on any atom is 0.123 e. The molecule has 0 radical (unpaired) electrons. The molecule has 0 spiro atoms. The summed E-state index contributed by atoms with van der Waals surface area (Å²) >= 11 is 0. The van der Waals surface area contributed by atoms with Crippen molar-refractivity contribution in [1.82, 2.24) is 5.32 Å². The lowest BCUT2D eigenvalue weighted by molar-refractivity contribution is 0.0481. The van der Waals surface area contributed by atoms with E-state index in [1.807, 2.05) is 31.2 Å². The van der Waals surface area contributed by atoms with Gasteiger partial charge < -0.3 is 14.8 Å². The van der Waals surface area contributed by atoms with Crippen molar-refractivity contribution in [2.24, 2.45) is 11.8 Å². The van der Waals surface area contributed by atoms with Gasteiger partial charge in [-0.3, -0.25) is 0 Å². The molecule has 3 heteroatoms. The molecule has 4 unspecified atom stereocenters. The lowest BCUT2D eigenvalue weighted by Crippen LogP contribution is -2.50. The Morgan fingerprint density at radius 3 is 2.62 bits per heavy atom. The van der Waals surface area contributed by atoms with Gasteiger partial charge in [-0.05, 0) is 50.3 Å². The van der Waals surface area contributed by atoms with Crippen LogP contribution in [0.3, 0.4) is 0 Å². The van der Waals surface area contributed by atoms with Crippen LogP contribution in [0.4, 0.5) is 0 Å². The molecule has 4 atom stereocenters. The first-order valence-electron chi connectivity index (χ1n) is 8.26. The molecule has 0 aliphatic heterocycles. The van der Waals surface area contributed by atoms with Gasteiger partial charge >= 0.3 is 0 Å². The van der Waals surface area contributed by atoms with Crippen molar-refractivity contribution in [3.63, 3.8) is 0 Å². The van der Waals surface area contributed by atoms with Crippen LogP contribution in [0.25, 0.3) is 0 Å². The molecule has 1 saturated carbocycles. The van der Waals surface area contributed by atoms with E-state index in [1.54, 1.807) is 0 Å². The molecule has 3 nitrogen and oxygen atoms in total. The lowest BCUT2D eigenvalue weighted by atomic mass is 9.78. The second-order valence-electron chi connectivity index (χ2n) is 6.21. The Balaban J connectivity index is 2.09. The molecule has 2 rings (SSSR count). The van der Waals surface area contributed by atoms with Crippen molar-refractivity contribution >= 4 is 0 Å². The maximum absolute atomic E-state index is 6.33. The van der Waals surface area contributed by atoms with Crippen LogP contribution in [0.2, 0.25) is 0 Å². The third-order valence-corrected chi connectivity index (χ3v) is 4.24. The predicted molar refractivity (Wildman–Crippen MR) is 87.1 cm³/mol. The number of likely N-dealkylation sites (N-methyl/N-ethyl adjacent to an activating group) is 1. The molecule has 0 amide bonds. The number of rotatable bonds is 6. The highest BCUT2D eigenvalue weighted by Crippen LogP contribution is 2.33. The molecular formula is C18H29NO2. The fraction of sp³-hybridized carbons (Fsp3) is 0.667. The minimum atomic E-state index is 0.234. The Hall–Kier alpha value is -1.22. The molecule has 118 valence electrons. The Bertz CT molecular complexity index is 435. The van der Waals surface area contributed by atoms with Crippen molar-refractivity contribution in [3.8, 4) is 11.5 Å². The van der Waals surface area contributed by atoms with Gasteiger partial charge in [0.05, 0.1) is 6.61 Å². The number of nitrogens with one attached hydrogen (secondary N) is 1. The van der Waals surface area contributed by atoms with E-state index in [1.165, 1.54) is 12.8 Å². The van der Waals surface area contributed by atoms with Gasteiger partial charge in [0, 0.05) is 12.1 Å². The molecule has 1 N–H and O–H groups in total. The highest BCUT2D eigenvalue weighted by molar-refractivity contribution is 5.33. The smallest absolute Gasteiger partial charge is 0.123 e. The maximum atomic E-state index is 6.33. The van der Waals surface area contributed by atoms with Gasteiger partial charge in [0.1, 0.15) is 17.6 Å². The van der Waals surface area contributed by atoms with Gasteiger partial charge in [0.2, 0.25) is 0 Å². The number of hydrogen-bond donors (Lipinski definition) is 1. The first-order valence-corrected chi connectivity index (χ1v) is 8.26. The molecule has 1 fully saturated rings. The summed E-state index contributed by atoms with van der Waals surface area (Å²) in [6.45, 7) is 10.5. The molecule has 1 aliphatic rings. The van der Waals surface area contributed by atoms with E-state index in [0.717, 1.165) is 24.0 Å². The van der Waals surface area contributed by atoms with Crippen LogP contribution < -0.4 is 14.8 Å². The number of benzene rings is 1. The molecule has 21 heavy (non-hydrogen) atoms. The zero-order chi connectivity index (χ0) is 15.2. The van der Waals surface area contributed by atoms with Gasteiger partial charge in [0.15, 0.2) is 0 Å². The molecule has 0 bridgehead atoms. The Morgan fingerprint density at radius 2 is 1.90 bits per heavy atom. The van der Waals surface area contributed by atoms with Crippen LogP contribution in [0, 0.1) is 11.8 Å². The second-order valence-corrected chi connectivity index (χ2v) is 6.21. The lowest BCUT2D eigenvalue weighted by Gasteiger charge is -2.40. The van der Waals surface area contributed by atoms with Crippen LogP contribution in [0.1, 0.15) is 40.5 Å². The van der Waals surface area contributed by atoms with Gasteiger partial charge in [0.25, 0.3) is 0 Å². The topological polar surface area (TPSA) is 30.5 Å². The molecule has 0 aromatic heterocycles. The van der Waals surface area contributed by atoms with Gasteiger partial charge in [-0.25, -0.2) is 0 Å². The standard InChI is InChI=1S/C18H29NO2/c1-5-19-17-11-13(3)10-14(4)18(17)21-16-9-7-8-15(12-16)20-6-2/h7-9,12-14,17-19H,5-6,10-11H2,1-4H3. The third-order valence-electron chi connectivity index (χ3n) is 4.24. The van der Waals surface area contributed by atoms with Crippen molar-refractivity contribution in [1.29, 1.82) is 0 Å². The SMILES string of the molecule is CCNC1CC(C)CC(C)C1Oc1cccc(OCC)c1. The molecule has 0 saturated heterocycles. The molecule has 1 aromatic carbocycles. The first kappa shape index (κ1) is 16.2. The summed E-state index contributed by atoms with van der Waals surface area (Å²) in [6.07, 6.45) is 2.66. The van der Waals surface area contributed by atoms with E-state index in [-0.39, 0.29) is 6.10 Å². The van der Waals surface area contributed by atoms with E-state index in [2.05, 4.69) is 26.1 Å². The van der Waals surface area contributed by atoms with Gasteiger partial charge in [-0.15, -0.1) is 0 Å². The van der Waals surface area contributed by atoms with Crippen LogP contribution in [-0.4, -0.2) is 25.3 Å². The zero-order valence-electron chi connectivity index (χ0n) is 13.8. The molecule has 0 heterocycles. The van der Waals surface area contributed by atoms with Crippen molar-refractivity contribution in [2.75, 3.05) is 13.2 Å². The summed E-state index contributed by atoms with van der Waals surface area (Å²) in [7, 11) is 0. The Morgan fingerprint density at radius 1 is 1.14 bits per heavy atom. The van der Waals surface area contributed by atoms with Crippen molar-refractivity contribution < 1.29 is 9.47 Å². The van der Waals surface area contributed by atoms with Gasteiger partial charge in [-0.2, -0.15) is 0 Å². The highest BCUT2D eigenvalue weighted by atomic mass is 16.5. The summed E-state index contributed by atoms with van der Waals surface area (Å²) in [5.74, 6) is 3.12. The van der Waals surface area contributed by atoms with Crippen molar-refractivity contribution in [3.05, 3.63) is 24.3 Å². The van der Waals surface area contributed by atoms with Crippen LogP contribution in [0.5, 0.6) is 11.5 Å². The van der Waals surface area contributed by atoms with E-state index < -0.39 is 0 Å². The van der Waals surface area contributed by atoms with E-state index in [4.69, 9.17) is 9.47 Å². The van der Waals surface area contributed by atoms with E-state index in [9.17, 15) is 0 Å². The average Bonchev–Trinajstić information content (AvgIpc) is 2.44. The predicted octanol–water partition coefficient (Wildman–Crippen LogP) is 3.88. The minimum Gasteiger partial charge on any atom is -0.494 e. The largest absolute Gasteiger partial charge is 0.494 e. The fourth-order valence-corrected chi connectivity index (χ4v) is 3.45. The number of ether oxygens (including phenoxy) is 2. The summed E-state index contributed by atoms with van der Waals surface area (Å²) in [5, 5.41) is 3.60. The quantitative estimate of drug-likeness (QED) is 0.863. The Kier molecular flexibility index (Phi) is 5.92. The third kappa shape index (κ3) is 4.37. The molecule has 1 aliphatic carbocycles. The highest BCUT2D eigenvalue weighted by Gasteiger charge is 2.35. The minimum absolute atomic E-state index is 0.234.